The summed E-state index contributed by atoms with van der Waals surface area (Å²) in [5.74, 6) is -0.995. The zero-order chi connectivity index (χ0) is 80.3. The normalized spacial score (nSPS) is 12.0. The molecule has 8 aromatic heterocycles. The van der Waals surface area contributed by atoms with Crippen LogP contribution in [0.25, 0.3) is 89.2 Å². The van der Waals surface area contributed by atoms with Gasteiger partial charge in [-0.2, -0.15) is 38.4 Å². The monoisotopic (exact) mass is 1540 g/mol. The van der Waals surface area contributed by atoms with E-state index in [-0.39, 0.29) is 74.4 Å². The van der Waals surface area contributed by atoms with Gasteiger partial charge in [0.2, 0.25) is 6.04 Å². The molecule has 1 aliphatic rings. The first-order valence-corrected chi connectivity index (χ1v) is 36.5. The number of fused-ring (bicyclic) bond motifs is 11. The molecule has 0 amide bonds. The van der Waals surface area contributed by atoms with Gasteiger partial charge in [0.15, 0.2) is 0 Å². The van der Waals surface area contributed by atoms with E-state index >= 15 is 0 Å². The minimum Gasteiger partial charge on any atom is -0.465 e. The summed E-state index contributed by atoms with van der Waals surface area (Å²) < 4.78 is 20.8. The number of carbonyl (C=O) groups is 4. The minimum absolute atomic E-state index is 0.149. The van der Waals surface area contributed by atoms with Crippen molar-refractivity contribution in [2.24, 2.45) is 0 Å². The third-order valence-corrected chi connectivity index (χ3v) is 17.3. The molecule has 0 saturated carbocycles. The van der Waals surface area contributed by atoms with Crippen LogP contribution >= 0.6 is 23.2 Å². The average Bonchev–Trinajstić information content (AvgIpc) is 0.774. The Morgan fingerprint density at radius 1 is 0.364 bits per heavy atom. The number of nitrogens with zero attached hydrogens (tertiary/aromatic N) is 10. The van der Waals surface area contributed by atoms with Crippen LogP contribution in [-0.2, 0) is 101 Å². The van der Waals surface area contributed by atoms with Crippen molar-refractivity contribution in [1.29, 1.82) is 0 Å². The molecule has 1 aliphatic heterocycles. The predicted molar refractivity (Wildman–Crippen MR) is 406 cm³/mol. The summed E-state index contributed by atoms with van der Waals surface area (Å²) in [6, 6.07) is 46.2. The van der Waals surface area contributed by atoms with Gasteiger partial charge in [0.05, 0.1) is 129 Å². The van der Waals surface area contributed by atoms with E-state index in [0.29, 0.717) is 87.6 Å². The fraction of sp³-hybridized carbons (Fsp3) is 0.350. The van der Waals surface area contributed by atoms with E-state index in [1.807, 2.05) is 134 Å². The summed E-state index contributed by atoms with van der Waals surface area (Å²) >= 11 is 11.9. The van der Waals surface area contributed by atoms with Gasteiger partial charge in [-0.05, 0) is 126 Å². The smallest absolute Gasteiger partial charge is 0.373 e. The molecule has 0 spiro atoms. The predicted octanol–water partition coefficient (Wildman–Crippen LogP) is 11.1. The van der Waals surface area contributed by atoms with Crippen molar-refractivity contribution >= 4 is 115 Å². The zero-order valence-electron chi connectivity index (χ0n) is 62.2. The van der Waals surface area contributed by atoms with Crippen LogP contribution in [0.15, 0.2) is 146 Å². The van der Waals surface area contributed by atoms with Crippen molar-refractivity contribution in [1.82, 2.24) is 60.3 Å². The van der Waals surface area contributed by atoms with Crippen LogP contribution in [0.5, 0.6) is 0 Å². The first kappa shape index (κ1) is 89.1. The number of nitrogens with one attached hydrogen (secondary N) is 2. The lowest BCUT2D eigenvalue weighted by atomic mass is 10.1. The first-order valence-electron chi connectivity index (χ1n) is 35.4. The molecule has 0 saturated heterocycles. The number of carbonyl (C=O) groups excluding carboxylic acids is 12. The number of hydrogen-bond donors (Lipinski definition) is 2. The molecule has 11 rings (SSSR count). The Hall–Kier alpha value is -11.5. The second-order valence-corrected chi connectivity index (χ2v) is 24.0. The molecule has 2 unspecified atom stereocenters. The maximum absolute atomic E-state index is 13.4. The number of rotatable bonds is 23. The SMILES string of the molecule is CCOC(=O)C(C(=O)OCC)N1CCN(C(CC)CC)Cc2cccc(n2)-c2ccc3ccc4ccc(nc4c3n2)-c2cccc(n2)C1.CCOC(=O)C(CC)NCCNC(CC)C(=O)OCC.ClCc1cccc(-c2ccc3ccc4ccc(-c5cccc(CCl)n5)nc4c3n2)n1.O=C=O.O=C=O.O=C=O.O=C=O. The second kappa shape index (κ2) is 48.7. The van der Waals surface area contributed by atoms with Gasteiger partial charge in [-0.15, -0.1) is 23.2 Å². The first-order chi connectivity index (χ1) is 53.4. The highest BCUT2D eigenvalue weighted by Gasteiger charge is 2.37. The molecular formula is C80H86Cl2N12O16. The van der Waals surface area contributed by atoms with Gasteiger partial charge < -0.3 is 29.6 Å². The van der Waals surface area contributed by atoms with Crippen molar-refractivity contribution in [2.45, 2.75) is 130 Å². The highest BCUT2D eigenvalue weighted by atomic mass is 35.5. The Labute approximate surface area is 645 Å². The molecule has 8 bridgehead atoms. The number of hydrogen-bond acceptors (Lipinski definition) is 28. The second-order valence-electron chi connectivity index (χ2n) is 23.5. The third-order valence-electron chi connectivity index (χ3n) is 16.7. The molecule has 28 nitrogen and oxygen atoms in total. The van der Waals surface area contributed by atoms with Crippen molar-refractivity contribution < 1.29 is 76.5 Å². The van der Waals surface area contributed by atoms with Crippen LogP contribution in [0.3, 0.4) is 0 Å². The van der Waals surface area contributed by atoms with Gasteiger partial charge in [-0.1, -0.05) is 100 Å². The highest BCUT2D eigenvalue weighted by Crippen LogP contribution is 2.31. The molecule has 0 fully saturated rings. The molecule has 2 aromatic carbocycles. The fourth-order valence-corrected chi connectivity index (χ4v) is 12.0. The Kier molecular flexibility index (Phi) is 39.5. The maximum atomic E-state index is 13.4. The Morgan fingerprint density at radius 2 is 0.636 bits per heavy atom. The summed E-state index contributed by atoms with van der Waals surface area (Å²) in [5, 5.41) is 10.2. The number of alkyl halides is 2. The van der Waals surface area contributed by atoms with Crippen LogP contribution in [-0.4, -0.2) is 175 Å². The summed E-state index contributed by atoms with van der Waals surface area (Å²) in [6.07, 6.45) is 4.22. The van der Waals surface area contributed by atoms with Gasteiger partial charge in [-0.3, -0.25) is 19.4 Å². The van der Waals surface area contributed by atoms with E-state index in [0.717, 1.165) is 108 Å². The molecule has 0 aliphatic carbocycles. The fourth-order valence-electron chi connectivity index (χ4n) is 11.7. The van der Waals surface area contributed by atoms with Gasteiger partial charge in [-0.25, -0.2) is 49.5 Å². The quantitative estimate of drug-likeness (QED) is 0.0150. The molecule has 30 heteroatoms. The van der Waals surface area contributed by atoms with E-state index in [1.54, 1.807) is 27.7 Å². The number of pyridine rings is 8. The van der Waals surface area contributed by atoms with Crippen molar-refractivity contribution in [3.8, 4) is 45.6 Å². The van der Waals surface area contributed by atoms with Crippen molar-refractivity contribution in [3.05, 3.63) is 168 Å². The molecule has 0 radical (unpaired) electrons. The topological polar surface area (TPSA) is 375 Å². The summed E-state index contributed by atoms with van der Waals surface area (Å²) in [5.41, 5.74) is 12.6. The highest BCUT2D eigenvalue weighted by molar-refractivity contribution is 6.17. The lowest BCUT2D eigenvalue weighted by molar-refractivity contribution is -0.193. The van der Waals surface area contributed by atoms with E-state index in [4.69, 9.17) is 110 Å². The van der Waals surface area contributed by atoms with E-state index in [9.17, 15) is 19.2 Å². The van der Waals surface area contributed by atoms with E-state index < -0.39 is 18.0 Å². The van der Waals surface area contributed by atoms with Gasteiger partial charge in [0, 0.05) is 66.9 Å². The van der Waals surface area contributed by atoms with Crippen molar-refractivity contribution in [3.63, 3.8) is 0 Å². The average molecular weight is 1540 g/mol. The van der Waals surface area contributed by atoms with Crippen molar-refractivity contribution in [2.75, 3.05) is 52.6 Å². The van der Waals surface area contributed by atoms with Crippen LogP contribution in [0.2, 0.25) is 0 Å². The number of aromatic nitrogens is 8. The largest absolute Gasteiger partial charge is 0.465 e. The Bertz CT molecular complexity index is 4600. The summed E-state index contributed by atoms with van der Waals surface area (Å²) in [6.45, 7) is 19.3. The molecule has 9 heterocycles. The van der Waals surface area contributed by atoms with E-state index in [2.05, 4.69) is 69.7 Å². The molecule has 10 aromatic rings. The van der Waals surface area contributed by atoms with Crippen LogP contribution in [0.1, 0.15) is 104 Å². The Balaban J connectivity index is 0.000000297. The summed E-state index contributed by atoms with van der Waals surface area (Å²) in [7, 11) is 0. The standard InChI is InChI=1S/C38H42N6O4.C24H16Cl2N4.C14H28N2O4.4CO2/c1-5-29(6-2)43-21-22-44(36(37(45)47-7-3)38(46)48-8-4)24-28-12-10-14-31(40-28)33-20-18-26-16-15-25-17-19-32(41-34(25)35(26)42-33)30-13-9-11-27(23-43)39-30;25-13-17-3-1-5-19(27-17)21-11-9-15-7-8-16-10-12-22(30-24(16)23(15)29-21)20-6-2-4-18(14-26)28-20;1-5-11(13(17)19-7-3)15-9-10-16-12(6-2)14(18)20-8-4;4*2-1-3/h9-20,29,36H,5-8,21-24H2,1-4H3;1-12H,13-14H2;11-12,15-16H,5-10H2,1-4H3;;;;. The van der Waals surface area contributed by atoms with Gasteiger partial charge in [0.25, 0.3) is 0 Å². The van der Waals surface area contributed by atoms with Crippen LogP contribution in [0, 0.1) is 0 Å². The van der Waals surface area contributed by atoms with Crippen LogP contribution in [0.4, 0.5) is 0 Å². The van der Waals surface area contributed by atoms with Gasteiger partial charge >= 0.3 is 48.5 Å². The molecule has 2 N–H and O–H groups in total. The number of ether oxygens (including phenoxy) is 4. The van der Waals surface area contributed by atoms with Crippen LogP contribution < -0.4 is 10.6 Å². The van der Waals surface area contributed by atoms with Gasteiger partial charge in [0.1, 0.15) is 12.1 Å². The number of esters is 4. The third kappa shape index (κ3) is 26.4. The molecular weight excluding hydrogens is 1460 g/mol. The number of halogens is 2. The zero-order valence-corrected chi connectivity index (χ0v) is 63.8. The minimum atomic E-state index is -1.24. The lowest BCUT2D eigenvalue weighted by Crippen LogP contribution is -2.51. The Morgan fingerprint density at radius 3 is 0.936 bits per heavy atom. The lowest BCUT2D eigenvalue weighted by Gasteiger charge is -2.34. The molecule has 2 atom stereocenters. The van der Waals surface area contributed by atoms with E-state index in [1.165, 1.54) is 0 Å². The number of benzene rings is 2. The molecule has 110 heavy (non-hydrogen) atoms. The summed E-state index contributed by atoms with van der Waals surface area (Å²) in [4.78, 5) is 158. The maximum Gasteiger partial charge on any atom is 0.373 e. The molecule has 576 valence electrons.